The fourth-order valence-corrected chi connectivity index (χ4v) is 5.18. The first kappa shape index (κ1) is 18.9. The highest BCUT2D eigenvalue weighted by atomic mass is 32.2. The average Bonchev–Trinajstić information content (AvgIpc) is 2.61. The van der Waals surface area contributed by atoms with Crippen LogP contribution in [0.1, 0.15) is 36.5 Å². The van der Waals surface area contributed by atoms with E-state index in [0.717, 1.165) is 18.7 Å². The Morgan fingerprint density at radius 1 is 0.923 bits per heavy atom. The molecule has 0 spiro atoms. The van der Waals surface area contributed by atoms with Crippen LogP contribution in [0.3, 0.4) is 0 Å². The lowest BCUT2D eigenvalue weighted by Gasteiger charge is -2.37. The van der Waals surface area contributed by atoms with Crippen LogP contribution in [0.4, 0.5) is 5.69 Å². The Balaban J connectivity index is 1.80. The Labute approximate surface area is 157 Å². The van der Waals surface area contributed by atoms with Gasteiger partial charge in [-0.3, -0.25) is 0 Å². The van der Waals surface area contributed by atoms with Crippen molar-refractivity contribution in [1.29, 1.82) is 0 Å². The highest BCUT2D eigenvalue weighted by molar-refractivity contribution is 7.89. The van der Waals surface area contributed by atoms with E-state index in [1.54, 1.807) is 22.5 Å². The molecule has 4 nitrogen and oxygen atoms in total. The predicted molar refractivity (Wildman–Crippen MR) is 107 cm³/mol. The van der Waals surface area contributed by atoms with Gasteiger partial charge in [-0.15, -0.1) is 0 Å². The van der Waals surface area contributed by atoms with Gasteiger partial charge in [-0.2, -0.15) is 4.31 Å². The van der Waals surface area contributed by atoms with Crippen LogP contribution in [0.5, 0.6) is 0 Å². The van der Waals surface area contributed by atoms with Gasteiger partial charge in [-0.1, -0.05) is 44.2 Å². The maximum atomic E-state index is 12.9. The fourth-order valence-electron chi connectivity index (χ4n) is 3.66. The topological polar surface area (TPSA) is 40.6 Å². The number of hydrogen-bond acceptors (Lipinski definition) is 3. The molecule has 0 bridgehead atoms. The van der Waals surface area contributed by atoms with Gasteiger partial charge in [-0.25, -0.2) is 8.42 Å². The molecule has 0 unspecified atom stereocenters. The molecule has 0 amide bonds. The SMILES string of the molecule is Cc1cccc(S(=O)(=O)N2CCN(c3c(C)cccc3C(C)C)CC2)c1. The molecule has 1 aliphatic rings. The molecule has 1 fully saturated rings. The third kappa shape index (κ3) is 3.64. The number of para-hydroxylation sites is 1. The van der Waals surface area contributed by atoms with Crippen molar-refractivity contribution in [3.8, 4) is 0 Å². The smallest absolute Gasteiger partial charge is 0.243 e. The molecule has 2 aromatic rings. The molecule has 1 aliphatic heterocycles. The molecule has 2 aromatic carbocycles. The van der Waals surface area contributed by atoms with E-state index in [1.807, 2.05) is 13.0 Å². The van der Waals surface area contributed by atoms with E-state index in [1.165, 1.54) is 16.8 Å². The van der Waals surface area contributed by atoms with Gasteiger partial charge < -0.3 is 4.90 Å². The maximum absolute atomic E-state index is 12.9. The molecule has 0 saturated carbocycles. The Kier molecular flexibility index (Phi) is 5.39. The zero-order valence-corrected chi connectivity index (χ0v) is 16.9. The highest BCUT2D eigenvalue weighted by Crippen LogP contribution is 2.32. The van der Waals surface area contributed by atoms with E-state index < -0.39 is 10.0 Å². The van der Waals surface area contributed by atoms with E-state index in [2.05, 4.69) is 43.9 Å². The average molecular weight is 373 g/mol. The fraction of sp³-hybridized carbons (Fsp3) is 0.429. The van der Waals surface area contributed by atoms with Crippen molar-refractivity contribution in [1.82, 2.24) is 4.31 Å². The molecule has 26 heavy (non-hydrogen) atoms. The number of sulfonamides is 1. The Bertz CT molecular complexity index is 883. The normalized spacial score (nSPS) is 16.3. The van der Waals surface area contributed by atoms with Crippen LogP contribution in [-0.4, -0.2) is 38.9 Å². The summed E-state index contributed by atoms with van der Waals surface area (Å²) < 4.78 is 27.5. The number of nitrogens with zero attached hydrogens (tertiary/aromatic N) is 2. The summed E-state index contributed by atoms with van der Waals surface area (Å²) >= 11 is 0. The van der Waals surface area contributed by atoms with Crippen molar-refractivity contribution < 1.29 is 8.42 Å². The molecule has 1 heterocycles. The van der Waals surface area contributed by atoms with Gasteiger partial charge in [-0.05, 0) is 48.6 Å². The number of hydrogen-bond donors (Lipinski definition) is 0. The van der Waals surface area contributed by atoms with Gasteiger partial charge >= 0.3 is 0 Å². The number of benzene rings is 2. The summed E-state index contributed by atoms with van der Waals surface area (Å²) in [4.78, 5) is 2.73. The highest BCUT2D eigenvalue weighted by Gasteiger charge is 2.29. The van der Waals surface area contributed by atoms with Crippen molar-refractivity contribution >= 4 is 15.7 Å². The van der Waals surface area contributed by atoms with E-state index >= 15 is 0 Å². The molecule has 0 aromatic heterocycles. The Hall–Kier alpha value is -1.85. The second-order valence-electron chi connectivity index (χ2n) is 7.38. The summed E-state index contributed by atoms with van der Waals surface area (Å²) in [5.74, 6) is 0.443. The molecular formula is C21H28N2O2S. The summed E-state index contributed by atoms with van der Waals surface area (Å²) in [5.41, 5.74) is 4.83. The first-order valence-electron chi connectivity index (χ1n) is 9.22. The molecular weight excluding hydrogens is 344 g/mol. The Morgan fingerprint density at radius 2 is 1.58 bits per heavy atom. The Morgan fingerprint density at radius 3 is 2.19 bits per heavy atom. The molecule has 1 saturated heterocycles. The minimum absolute atomic E-state index is 0.393. The van der Waals surface area contributed by atoms with Crippen LogP contribution < -0.4 is 4.90 Å². The largest absolute Gasteiger partial charge is 0.368 e. The van der Waals surface area contributed by atoms with Gasteiger partial charge in [0.05, 0.1) is 4.90 Å². The van der Waals surface area contributed by atoms with Crippen molar-refractivity contribution in [2.75, 3.05) is 31.1 Å². The van der Waals surface area contributed by atoms with E-state index in [4.69, 9.17) is 0 Å². The van der Waals surface area contributed by atoms with Gasteiger partial charge in [0, 0.05) is 31.9 Å². The number of anilines is 1. The van der Waals surface area contributed by atoms with Gasteiger partial charge in [0.25, 0.3) is 0 Å². The van der Waals surface area contributed by atoms with E-state index in [-0.39, 0.29) is 0 Å². The molecule has 5 heteroatoms. The number of aryl methyl sites for hydroxylation is 2. The summed E-state index contributed by atoms with van der Waals surface area (Å²) in [6.07, 6.45) is 0. The van der Waals surface area contributed by atoms with Crippen LogP contribution in [0.15, 0.2) is 47.4 Å². The molecule has 140 valence electrons. The predicted octanol–water partition coefficient (Wildman–Crippen LogP) is 3.94. The molecule has 0 N–H and O–H groups in total. The van der Waals surface area contributed by atoms with Crippen LogP contribution >= 0.6 is 0 Å². The summed E-state index contributed by atoms with van der Waals surface area (Å²) in [6.45, 7) is 10.9. The lowest BCUT2D eigenvalue weighted by atomic mass is 9.97. The second kappa shape index (κ2) is 7.41. The lowest BCUT2D eigenvalue weighted by molar-refractivity contribution is 0.384. The monoisotopic (exact) mass is 372 g/mol. The summed E-state index contributed by atoms with van der Waals surface area (Å²) in [5, 5.41) is 0. The van der Waals surface area contributed by atoms with Crippen molar-refractivity contribution in [2.24, 2.45) is 0 Å². The van der Waals surface area contributed by atoms with Gasteiger partial charge in [0.1, 0.15) is 0 Å². The van der Waals surface area contributed by atoms with Gasteiger partial charge in [0.2, 0.25) is 10.0 Å². The van der Waals surface area contributed by atoms with Crippen molar-refractivity contribution in [3.05, 3.63) is 59.2 Å². The summed E-state index contributed by atoms with van der Waals surface area (Å²) in [6, 6.07) is 13.6. The quantitative estimate of drug-likeness (QED) is 0.816. The molecule has 0 atom stereocenters. The zero-order valence-electron chi connectivity index (χ0n) is 16.1. The first-order chi connectivity index (χ1) is 12.3. The standard InChI is InChI=1S/C21H28N2O2S/c1-16(2)20-10-6-8-18(4)21(20)22-11-13-23(14-12-22)26(24,25)19-9-5-7-17(3)15-19/h5-10,15-16H,11-14H2,1-4H3. The molecule has 0 aliphatic carbocycles. The third-order valence-corrected chi connectivity index (χ3v) is 6.97. The van der Waals surface area contributed by atoms with E-state index in [0.29, 0.717) is 23.9 Å². The maximum Gasteiger partial charge on any atom is 0.243 e. The van der Waals surface area contributed by atoms with E-state index in [9.17, 15) is 8.42 Å². The van der Waals surface area contributed by atoms with Crippen molar-refractivity contribution in [2.45, 2.75) is 38.5 Å². The minimum Gasteiger partial charge on any atom is -0.368 e. The summed E-state index contributed by atoms with van der Waals surface area (Å²) in [7, 11) is -3.42. The van der Waals surface area contributed by atoms with Crippen LogP contribution in [0, 0.1) is 13.8 Å². The van der Waals surface area contributed by atoms with Gasteiger partial charge in [0.15, 0.2) is 0 Å². The third-order valence-electron chi connectivity index (χ3n) is 5.07. The number of rotatable bonds is 4. The zero-order chi connectivity index (χ0) is 18.9. The number of piperazine rings is 1. The van der Waals surface area contributed by atoms with Crippen LogP contribution in [0.2, 0.25) is 0 Å². The lowest BCUT2D eigenvalue weighted by Crippen LogP contribution is -2.49. The second-order valence-corrected chi connectivity index (χ2v) is 9.31. The molecule has 0 radical (unpaired) electrons. The first-order valence-corrected chi connectivity index (χ1v) is 10.7. The van der Waals surface area contributed by atoms with Crippen LogP contribution in [-0.2, 0) is 10.0 Å². The van der Waals surface area contributed by atoms with Crippen LogP contribution in [0.25, 0.3) is 0 Å². The minimum atomic E-state index is -3.42. The molecule has 3 rings (SSSR count). The van der Waals surface area contributed by atoms with Crippen molar-refractivity contribution in [3.63, 3.8) is 0 Å².